The molecule has 0 aliphatic rings. The van der Waals surface area contributed by atoms with Gasteiger partial charge in [-0.15, -0.1) is 0 Å². The number of aromatic nitrogens is 2. The highest BCUT2D eigenvalue weighted by Crippen LogP contribution is 2.12. The molecule has 0 bridgehead atoms. The van der Waals surface area contributed by atoms with Crippen molar-refractivity contribution in [2.75, 3.05) is 11.9 Å². The van der Waals surface area contributed by atoms with Crippen LogP contribution in [0.25, 0.3) is 0 Å². The zero-order chi connectivity index (χ0) is 14.4. The van der Waals surface area contributed by atoms with E-state index in [4.69, 9.17) is 0 Å². The Morgan fingerprint density at radius 2 is 2.20 bits per heavy atom. The van der Waals surface area contributed by atoms with E-state index in [0.717, 1.165) is 28.7 Å². The predicted octanol–water partition coefficient (Wildman–Crippen LogP) is 3.17. The Kier molecular flexibility index (Phi) is 5.17. The first-order valence-electron chi connectivity index (χ1n) is 6.43. The van der Waals surface area contributed by atoms with Crippen molar-refractivity contribution in [2.24, 2.45) is 0 Å². The van der Waals surface area contributed by atoms with Gasteiger partial charge in [-0.1, -0.05) is 18.2 Å². The number of rotatable bonds is 5. The maximum atomic E-state index is 11.7. The number of hydrogen-bond acceptors (Lipinski definition) is 2. The molecule has 0 radical (unpaired) electrons. The molecule has 6 heteroatoms. The normalized spacial score (nSPS) is 10.3. The number of para-hydroxylation sites is 1. The lowest BCUT2D eigenvalue weighted by Gasteiger charge is -2.09. The summed E-state index contributed by atoms with van der Waals surface area (Å²) in [6.07, 6.45) is 4.49. The van der Waals surface area contributed by atoms with E-state index in [1.807, 2.05) is 42.1 Å². The molecule has 1 heterocycles. The zero-order valence-corrected chi connectivity index (χ0v) is 12.9. The largest absolute Gasteiger partial charge is 0.338 e. The Labute approximate surface area is 126 Å². The fraction of sp³-hybridized carbons (Fsp3) is 0.286. The zero-order valence-electron chi connectivity index (χ0n) is 11.3. The Morgan fingerprint density at radius 3 is 2.90 bits per heavy atom. The summed E-state index contributed by atoms with van der Waals surface area (Å²) >= 11 is 3.35. The van der Waals surface area contributed by atoms with E-state index >= 15 is 0 Å². The molecule has 2 amide bonds. The second-order valence-electron chi connectivity index (χ2n) is 4.47. The number of nitrogens with zero attached hydrogens (tertiary/aromatic N) is 2. The Hall–Kier alpha value is -1.82. The first-order chi connectivity index (χ1) is 9.65. The smallest absolute Gasteiger partial charge is 0.319 e. The number of urea groups is 1. The summed E-state index contributed by atoms with van der Waals surface area (Å²) in [5, 5.41) is 9.82. The van der Waals surface area contributed by atoms with Gasteiger partial charge in [-0.2, -0.15) is 5.10 Å². The van der Waals surface area contributed by atoms with Crippen LogP contribution in [0.15, 0.2) is 41.1 Å². The van der Waals surface area contributed by atoms with E-state index in [2.05, 4.69) is 31.7 Å². The van der Waals surface area contributed by atoms with Gasteiger partial charge in [0.2, 0.25) is 0 Å². The molecule has 2 rings (SSSR count). The quantitative estimate of drug-likeness (QED) is 0.824. The van der Waals surface area contributed by atoms with Gasteiger partial charge < -0.3 is 10.6 Å². The van der Waals surface area contributed by atoms with Gasteiger partial charge in [-0.25, -0.2) is 4.79 Å². The van der Waals surface area contributed by atoms with Crippen LogP contribution in [0.2, 0.25) is 0 Å². The lowest BCUT2D eigenvalue weighted by atomic mass is 10.2. The molecule has 20 heavy (non-hydrogen) atoms. The predicted molar refractivity (Wildman–Crippen MR) is 82.7 cm³/mol. The number of nitrogens with one attached hydrogen (secondary N) is 2. The van der Waals surface area contributed by atoms with E-state index in [1.165, 1.54) is 0 Å². The molecular formula is C14H17BrN4O. The van der Waals surface area contributed by atoms with Crippen LogP contribution in [-0.4, -0.2) is 22.4 Å². The fourth-order valence-electron chi connectivity index (χ4n) is 1.78. The van der Waals surface area contributed by atoms with Crippen LogP contribution in [0, 0.1) is 6.92 Å². The van der Waals surface area contributed by atoms with Gasteiger partial charge in [0.15, 0.2) is 0 Å². The van der Waals surface area contributed by atoms with Crippen molar-refractivity contribution in [3.8, 4) is 0 Å². The average molecular weight is 337 g/mol. The van der Waals surface area contributed by atoms with Crippen molar-refractivity contribution in [3.05, 3.63) is 46.7 Å². The van der Waals surface area contributed by atoms with Crippen molar-refractivity contribution in [2.45, 2.75) is 19.9 Å². The molecule has 0 atom stereocenters. The molecule has 1 aromatic carbocycles. The molecule has 2 N–H and O–H groups in total. The van der Waals surface area contributed by atoms with Crippen molar-refractivity contribution in [1.82, 2.24) is 15.1 Å². The van der Waals surface area contributed by atoms with Gasteiger partial charge in [-0.05, 0) is 40.9 Å². The van der Waals surface area contributed by atoms with Gasteiger partial charge in [0.25, 0.3) is 0 Å². The van der Waals surface area contributed by atoms with Crippen molar-refractivity contribution in [1.29, 1.82) is 0 Å². The minimum atomic E-state index is -0.180. The number of halogens is 1. The third-order valence-electron chi connectivity index (χ3n) is 2.84. The van der Waals surface area contributed by atoms with Crippen molar-refractivity contribution >= 4 is 27.6 Å². The van der Waals surface area contributed by atoms with Gasteiger partial charge >= 0.3 is 6.03 Å². The topological polar surface area (TPSA) is 59.0 Å². The summed E-state index contributed by atoms with van der Waals surface area (Å²) in [5.41, 5.74) is 1.88. The number of benzene rings is 1. The second-order valence-corrected chi connectivity index (χ2v) is 5.39. The first-order valence-corrected chi connectivity index (χ1v) is 7.23. The van der Waals surface area contributed by atoms with Crippen LogP contribution in [0.1, 0.15) is 12.0 Å². The molecule has 5 nitrogen and oxygen atoms in total. The highest BCUT2D eigenvalue weighted by Gasteiger charge is 2.03. The number of carbonyl (C=O) groups excluding carboxylic acids is 1. The fourth-order valence-corrected chi connectivity index (χ4v) is 2.11. The minimum Gasteiger partial charge on any atom is -0.338 e. The van der Waals surface area contributed by atoms with E-state index in [9.17, 15) is 4.79 Å². The molecule has 0 saturated carbocycles. The summed E-state index contributed by atoms with van der Waals surface area (Å²) in [6.45, 7) is 3.34. The molecule has 0 saturated heterocycles. The third-order valence-corrected chi connectivity index (χ3v) is 3.25. The minimum absolute atomic E-state index is 0.180. The summed E-state index contributed by atoms with van der Waals surface area (Å²) in [5.74, 6) is 0. The molecule has 0 unspecified atom stereocenters. The number of amides is 2. The highest BCUT2D eigenvalue weighted by molar-refractivity contribution is 9.10. The van der Waals surface area contributed by atoms with Crippen LogP contribution in [-0.2, 0) is 6.54 Å². The van der Waals surface area contributed by atoms with Crippen molar-refractivity contribution in [3.63, 3.8) is 0 Å². The van der Waals surface area contributed by atoms with Gasteiger partial charge in [0, 0.05) is 25.0 Å². The lowest BCUT2D eigenvalue weighted by Crippen LogP contribution is -2.30. The molecular weight excluding hydrogens is 320 g/mol. The second kappa shape index (κ2) is 7.09. The number of carbonyl (C=O) groups is 1. The highest BCUT2D eigenvalue weighted by atomic mass is 79.9. The average Bonchev–Trinajstić information content (AvgIpc) is 2.83. The van der Waals surface area contributed by atoms with E-state index in [0.29, 0.717) is 6.54 Å². The summed E-state index contributed by atoms with van der Waals surface area (Å²) in [4.78, 5) is 11.7. The maximum Gasteiger partial charge on any atom is 0.319 e. The van der Waals surface area contributed by atoms with Crippen LogP contribution in [0.4, 0.5) is 10.5 Å². The van der Waals surface area contributed by atoms with Gasteiger partial charge in [0.1, 0.15) is 0 Å². The summed E-state index contributed by atoms with van der Waals surface area (Å²) in [6, 6.07) is 7.51. The first kappa shape index (κ1) is 14.6. The van der Waals surface area contributed by atoms with E-state index in [1.54, 1.807) is 6.20 Å². The molecule has 0 aliphatic carbocycles. The Bertz CT molecular complexity index is 582. The van der Waals surface area contributed by atoms with Crippen LogP contribution in [0.3, 0.4) is 0 Å². The van der Waals surface area contributed by atoms with Crippen LogP contribution in [0.5, 0.6) is 0 Å². The van der Waals surface area contributed by atoms with E-state index in [-0.39, 0.29) is 6.03 Å². The monoisotopic (exact) mass is 336 g/mol. The van der Waals surface area contributed by atoms with E-state index < -0.39 is 0 Å². The lowest BCUT2D eigenvalue weighted by molar-refractivity contribution is 0.251. The number of hydrogen-bond donors (Lipinski definition) is 2. The molecule has 0 aliphatic heterocycles. The molecule has 106 valence electrons. The molecule has 1 aromatic heterocycles. The SMILES string of the molecule is Cc1ccccc1NC(=O)NCCCn1cc(Br)cn1. The van der Waals surface area contributed by atoms with Crippen molar-refractivity contribution < 1.29 is 4.79 Å². The van der Waals surface area contributed by atoms with Gasteiger partial charge in [0.05, 0.1) is 10.7 Å². The Balaban J connectivity index is 1.69. The van der Waals surface area contributed by atoms with Crippen LogP contribution >= 0.6 is 15.9 Å². The maximum absolute atomic E-state index is 11.7. The standard InChI is InChI=1S/C14H17BrN4O/c1-11-5-2-3-6-13(11)18-14(20)16-7-4-8-19-10-12(15)9-17-19/h2-3,5-6,9-10H,4,7-8H2,1H3,(H2,16,18,20). The van der Waals surface area contributed by atoms with Crippen LogP contribution < -0.4 is 10.6 Å². The number of anilines is 1. The number of aryl methyl sites for hydroxylation is 2. The summed E-state index contributed by atoms with van der Waals surface area (Å²) in [7, 11) is 0. The molecule has 0 spiro atoms. The Morgan fingerprint density at radius 1 is 1.40 bits per heavy atom. The molecule has 0 fully saturated rings. The van der Waals surface area contributed by atoms with Gasteiger partial charge in [-0.3, -0.25) is 4.68 Å². The third kappa shape index (κ3) is 4.38. The summed E-state index contributed by atoms with van der Waals surface area (Å²) < 4.78 is 2.80. The molecule has 2 aromatic rings.